The largest absolute Gasteiger partial charge is 0.349 e. The Morgan fingerprint density at radius 2 is 1.69 bits per heavy atom. The lowest BCUT2D eigenvalue weighted by Gasteiger charge is -2.13. The second kappa shape index (κ2) is 6.45. The van der Waals surface area contributed by atoms with Gasteiger partial charge in [-0.25, -0.2) is 4.39 Å². The number of aromatic nitrogens is 1. The third-order valence-electron chi connectivity index (χ3n) is 4.84. The van der Waals surface area contributed by atoms with Crippen molar-refractivity contribution in [1.82, 2.24) is 9.88 Å². The minimum atomic E-state index is -0.273. The summed E-state index contributed by atoms with van der Waals surface area (Å²) in [5, 5.41) is 3.06. The summed E-state index contributed by atoms with van der Waals surface area (Å²) in [7, 11) is 0. The number of halogens is 1. The zero-order chi connectivity index (χ0) is 18.3. The fraction of sp³-hybridized carbons (Fsp3) is 0.227. The van der Waals surface area contributed by atoms with Gasteiger partial charge in [-0.15, -0.1) is 0 Å². The maximum atomic E-state index is 13.4. The molecule has 4 rings (SSSR count). The molecule has 0 bridgehead atoms. The Hall–Kier alpha value is -2.88. The quantitative estimate of drug-likeness (QED) is 0.722. The molecule has 1 N–H and O–H groups in total. The molecule has 1 saturated carbocycles. The molecule has 1 aliphatic carbocycles. The SMILES string of the molecule is Cc1ccc(-n2c(-c3ccc(F)cc3)cc(C(=O)NC3CC3)c2C)cc1. The molecule has 0 saturated heterocycles. The van der Waals surface area contributed by atoms with Crippen molar-refractivity contribution < 1.29 is 9.18 Å². The van der Waals surface area contributed by atoms with Crippen LogP contribution in [0.15, 0.2) is 54.6 Å². The van der Waals surface area contributed by atoms with Crippen LogP contribution in [0.1, 0.15) is 34.5 Å². The molecule has 1 heterocycles. The van der Waals surface area contributed by atoms with Crippen LogP contribution in [0, 0.1) is 19.7 Å². The number of carbonyl (C=O) groups excluding carboxylic acids is 1. The summed E-state index contributed by atoms with van der Waals surface area (Å²) >= 11 is 0. The number of carbonyl (C=O) groups is 1. The first-order chi connectivity index (χ1) is 12.5. The van der Waals surface area contributed by atoms with Gasteiger partial charge in [-0.3, -0.25) is 4.79 Å². The Balaban J connectivity index is 1.85. The summed E-state index contributed by atoms with van der Waals surface area (Å²) in [4.78, 5) is 12.7. The highest BCUT2D eigenvalue weighted by molar-refractivity contribution is 5.97. The molecule has 4 heteroatoms. The van der Waals surface area contributed by atoms with Crippen LogP contribution >= 0.6 is 0 Å². The van der Waals surface area contributed by atoms with Crippen LogP contribution in [0.4, 0.5) is 4.39 Å². The smallest absolute Gasteiger partial charge is 0.253 e. The molecule has 1 fully saturated rings. The zero-order valence-electron chi connectivity index (χ0n) is 14.9. The van der Waals surface area contributed by atoms with Crippen LogP contribution in [0.5, 0.6) is 0 Å². The van der Waals surface area contributed by atoms with E-state index in [0.29, 0.717) is 11.6 Å². The second-order valence-electron chi connectivity index (χ2n) is 6.95. The molecule has 1 aliphatic rings. The molecule has 0 radical (unpaired) electrons. The molecule has 0 atom stereocenters. The van der Waals surface area contributed by atoms with Crippen LogP contribution < -0.4 is 5.32 Å². The van der Waals surface area contributed by atoms with E-state index in [0.717, 1.165) is 35.5 Å². The van der Waals surface area contributed by atoms with Gasteiger partial charge in [0.1, 0.15) is 5.82 Å². The lowest BCUT2D eigenvalue weighted by atomic mass is 10.1. The van der Waals surface area contributed by atoms with E-state index in [2.05, 4.69) is 9.88 Å². The summed E-state index contributed by atoms with van der Waals surface area (Å²) in [5.74, 6) is -0.315. The monoisotopic (exact) mass is 348 g/mol. The molecule has 132 valence electrons. The predicted octanol–water partition coefficient (Wildman–Crippen LogP) is 4.79. The Morgan fingerprint density at radius 1 is 1.04 bits per heavy atom. The molecule has 0 aliphatic heterocycles. The summed E-state index contributed by atoms with van der Waals surface area (Å²) in [6.45, 7) is 4.00. The molecule has 3 aromatic rings. The highest BCUT2D eigenvalue weighted by atomic mass is 19.1. The van der Waals surface area contributed by atoms with Crippen molar-refractivity contribution in [3.63, 3.8) is 0 Å². The van der Waals surface area contributed by atoms with E-state index in [-0.39, 0.29) is 11.7 Å². The molecule has 0 spiro atoms. The van der Waals surface area contributed by atoms with E-state index in [1.807, 2.05) is 44.2 Å². The van der Waals surface area contributed by atoms with Gasteiger partial charge in [0, 0.05) is 17.4 Å². The molecule has 0 unspecified atom stereocenters. The van der Waals surface area contributed by atoms with E-state index in [1.54, 1.807) is 12.1 Å². The average molecular weight is 348 g/mol. The zero-order valence-corrected chi connectivity index (χ0v) is 14.9. The molecular weight excluding hydrogens is 327 g/mol. The van der Waals surface area contributed by atoms with E-state index in [4.69, 9.17) is 0 Å². The van der Waals surface area contributed by atoms with Crippen LogP contribution in [0.2, 0.25) is 0 Å². The molecule has 1 amide bonds. The minimum Gasteiger partial charge on any atom is -0.349 e. The van der Waals surface area contributed by atoms with Crippen LogP contribution in [-0.4, -0.2) is 16.5 Å². The number of nitrogens with one attached hydrogen (secondary N) is 1. The Bertz CT molecular complexity index is 951. The number of rotatable bonds is 4. The van der Waals surface area contributed by atoms with Crippen molar-refractivity contribution in [2.45, 2.75) is 32.7 Å². The van der Waals surface area contributed by atoms with E-state index in [9.17, 15) is 9.18 Å². The first kappa shape index (κ1) is 16.6. The van der Waals surface area contributed by atoms with Crippen molar-refractivity contribution in [1.29, 1.82) is 0 Å². The lowest BCUT2D eigenvalue weighted by molar-refractivity contribution is 0.0950. The van der Waals surface area contributed by atoms with Gasteiger partial charge in [0.15, 0.2) is 0 Å². The third-order valence-corrected chi connectivity index (χ3v) is 4.84. The number of benzene rings is 2. The fourth-order valence-electron chi connectivity index (χ4n) is 3.19. The lowest BCUT2D eigenvalue weighted by Crippen LogP contribution is -2.25. The number of aryl methyl sites for hydroxylation is 1. The molecule has 2 aromatic carbocycles. The van der Waals surface area contributed by atoms with Crippen molar-refractivity contribution in [3.8, 4) is 16.9 Å². The Labute approximate surface area is 152 Å². The molecule has 26 heavy (non-hydrogen) atoms. The topological polar surface area (TPSA) is 34.0 Å². The normalized spacial score (nSPS) is 13.7. The second-order valence-corrected chi connectivity index (χ2v) is 6.95. The van der Waals surface area contributed by atoms with Crippen molar-refractivity contribution in [2.24, 2.45) is 0 Å². The van der Waals surface area contributed by atoms with Crippen molar-refractivity contribution in [2.75, 3.05) is 0 Å². The molecule has 3 nitrogen and oxygen atoms in total. The molecular formula is C22H21FN2O. The van der Waals surface area contributed by atoms with Gasteiger partial charge >= 0.3 is 0 Å². The van der Waals surface area contributed by atoms with E-state index >= 15 is 0 Å². The number of amides is 1. The van der Waals surface area contributed by atoms with Gasteiger partial charge in [-0.1, -0.05) is 17.7 Å². The Morgan fingerprint density at radius 3 is 2.31 bits per heavy atom. The molecule has 1 aromatic heterocycles. The third kappa shape index (κ3) is 3.15. The first-order valence-electron chi connectivity index (χ1n) is 8.89. The van der Waals surface area contributed by atoms with Gasteiger partial charge in [-0.05, 0) is 74.7 Å². The standard InChI is InChI=1S/C22H21FN2O/c1-14-3-11-19(12-4-14)25-15(2)20(22(26)24-18-9-10-18)13-21(25)16-5-7-17(23)8-6-16/h3-8,11-13,18H,9-10H2,1-2H3,(H,24,26). The van der Waals surface area contributed by atoms with Crippen LogP contribution in [0.3, 0.4) is 0 Å². The number of hydrogen-bond donors (Lipinski definition) is 1. The van der Waals surface area contributed by atoms with Gasteiger partial charge in [-0.2, -0.15) is 0 Å². The Kier molecular flexibility index (Phi) is 4.11. The number of nitrogens with zero attached hydrogens (tertiary/aromatic N) is 1. The van der Waals surface area contributed by atoms with E-state index in [1.165, 1.54) is 17.7 Å². The summed E-state index contributed by atoms with van der Waals surface area (Å²) < 4.78 is 15.4. The summed E-state index contributed by atoms with van der Waals surface area (Å²) in [5.41, 5.74) is 5.46. The van der Waals surface area contributed by atoms with Gasteiger partial charge in [0.05, 0.1) is 11.3 Å². The van der Waals surface area contributed by atoms with Crippen molar-refractivity contribution >= 4 is 5.91 Å². The first-order valence-corrected chi connectivity index (χ1v) is 8.89. The minimum absolute atomic E-state index is 0.0424. The number of hydrogen-bond acceptors (Lipinski definition) is 1. The fourth-order valence-corrected chi connectivity index (χ4v) is 3.19. The highest BCUT2D eigenvalue weighted by Crippen LogP contribution is 2.30. The van der Waals surface area contributed by atoms with E-state index < -0.39 is 0 Å². The van der Waals surface area contributed by atoms with Gasteiger partial charge in [0.25, 0.3) is 5.91 Å². The maximum Gasteiger partial charge on any atom is 0.253 e. The highest BCUT2D eigenvalue weighted by Gasteiger charge is 2.26. The van der Waals surface area contributed by atoms with Gasteiger partial charge in [0.2, 0.25) is 0 Å². The maximum absolute atomic E-state index is 13.4. The van der Waals surface area contributed by atoms with Crippen LogP contribution in [0.25, 0.3) is 16.9 Å². The predicted molar refractivity (Wildman–Crippen MR) is 101 cm³/mol. The average Bonchev–Trinajstić information content (AvgIpc) is 3.37. The van der Waals surface area contributed by atoms with Crippen LogP contribution in [-0.2, 0) is 0 Å². The summed E-state index contributed by atoms with van der Waals surface area (Å²) in [6.07, 6.45) is 2.10. The van der Waals surface area contributed by atoms with Crippen molar-refractivity contribution in [3.05, 3.63) is 77.2 Å². The summed E-state index contributed by atoms with van der Waals surface area (Å²) in [6, 6.07) is 16.8. The van der Waals surface area contributed by atoms with Gasteiger partial charge < -0.3 is 9.88 Å².